The van der Waals surface area contributed by atoms with Gasteiger partial charge in [-0.25, -0.2) is 0 Å². The van der Waals surface area contributed by atoms with Crippen molar-refractivity contribution in [3.63, 3.8) is 0 Å². The Morgan fingerprint density at radius 1 is 1.40 bits per heavy atom. The van der Waals surface area contributed by atoms with Crippen molar-refractivity contribution < 1.29 is 4.21 Å². The molecule has 2 nitrogen and oxygen atoms in total. The van der Waals surface area contributed by atoms with Crippen LogP contribution in [0.1, 0.15) is 18.1 Å². The van der Waals surface area contributed by atoms with E-state index in [0.717, 1.165) is 10.5 Å². The Balaban J connectivity index is 2.86. The minimum absolute atomic E-state index is 0.283. The number of benzene rings is 1. The SMILES string of the molecule is CNC(C)CS(=O)c1cc(C)ccc1C. The van der Waals surface area contributed by atoms with Crippen molar-refractivity contribution in [1.29, 1.82) is 0 Å². The Hall–Kier alpha value is -0.670. The quantitative estimate of drug-likeness (QED) is 0.849. The van der Waals surface area contributed by atoms with E-state index in [-0.39, 0.29) is 6.04 Å². The van der Waals surface area contributed by atoms with Gasteiger partial charge in [-0.3, -0.25) is 4.21 Å². The predicted molar refractivity (Wildman–Crippen MR) is 65.7 cm³/mol. The van der Waals surface area contributed by atoms with Gasteiger partial charge in [-0.2, -0.15) is 0 Å². The Morgan fingerprint density at radius 2 is 2.07 bits per heavy atom. The van der Waals surface area contributed by atoms with Crippen LogP contribution in [0.5, 0.6) is 0 Å². The van der Waals surface area contributed by atoms with Crippen LogP contribution < -0.4 is 5.32 Å². The zero-order valence-corrected chi connectivity index (χ0v) is 10.6. The number of hydrogen-bond donors (Lipinski definition) is 1. The molecule has 0 spiro atoms. The monoisotopic (exact) mass is 225 g/mol. The lowest BCUT2D eigenvalue weighted by Gasteiger charge is -2.11. The molecule has 0 radical (unpaired) electrons. The van der Waals surface area contributed by atoms with E-state index in [4.69, 9.17) is 0 Å². The minimum Gasteiger partial charge on any atom is -0.316 e. The van der Waals surface area contributed by atoms with Gasteiger partial charge in [0, 0.05) is 16.7 Å². The van der Waals surface area contributed by atoms with Gasteiger partial charge in [0.15, 0.2) is 0 Å². The first-order valence-electron chi connectivity index (χ1n) is 5.17. The highest BCUT2D eigenvalue weighted by atomic mass is 32.2. The highest BCUT2D eigenvalue weighted by molar-refractivity contribution is 7.85. The average molecular weight is 225 g/mol. The Kier molecular flexibility index (Phi) is 4.48. The van der Waals surface area contributed by atoms with E-state index in [1.165, 1.54) is 5.56 Å². The number of hydrogen-bond acceptors (Lipinski definition) is 2. The molecule has 2 atom stereocenters. The summed E-state index contributed by atoms with van der Waals surface area (Å²) in [5.41, 5.74) is 2.28. The molecular weight excluding hydrogens is 206 g/mol. The fourth-order valence-electron chi connectivity index (χ4n) is 1.35. The molecule has 0 aromatic heterocycles. The standard InChI is InChI=1S/C12H19NOS/c1-9-5-6-10(2)12(7-9)15(14)8-11(3)13-4/h5-7,11,13H,8H2,1-4H3. The van der Waals surface area contributed by atoms with Crippen molar-refractivity contribution in [2.75, 3.05) is 12.8 Å². The van der Waals surface area contributed by atoms with Gasteiger partial charge < -0.3 is 5.32 Å². The van der Waals surface area contributed by atoms with Crippen LogP contribution in [0.2, 0.25) is 0 Å². The average Bonchev–Trinajstić information content (AvgIpc) is 2.21. The van der Waals surface area contributed by atoms with E-state index in [1.54, 1.807) is 0 Å². The molecule has 1 aromatic rings. The summed E-state index contributed by atoms with van der Waals surface area (Å²) in [6.45, 7) is 6.08. The predicted octanol–water partition coefficient (Wildman–Crippen LogP) is 2.02. The lowest BCUT2D eigenvalue weighted by atomic mass is 10.2. The number of nitrogens with one attached hydrogen (secondary N) is 1. The summed E-state index contributed by atoms with van der Waals surface area (Å²) in [6.07, 6.45) is 0. The topological polar surface area (TPSA) is 29.1 Å². The van der Waals surface area contributed by atoms with Crippen LogP contribution in [0.4, 0.5) is 0 Å². The Labute approximate surface area is 94.5 Å². The molecular formula is C12H19NOS. The summed E-state index contributed by atoms with van der Waals surface area (Å²) < 4.78 is 12.1. The smallest absolute Gasteiger partial charge is 0.0547 e. The molecule has 0 fully saturated rings. The minimum atomic E-state index is -0.898. The molecule has 0 bridgehead atoms. The second-order valence-corrected chi connectivity index (χ2v) is 5.44. The molecule has 84 valence electrons. The third kappa shape index (κ3) is 3.43. The highest BCUT2D eigenvalue weighted by Crippen LogP contribution is 2.15. The maximum atomic E-state index is 12.1. The first-order chi connectivity index (χ1) is 7.04. The molecule has 1 rings (SSSR count). The van der Waals surface area contributed by atoms with E-state index >= 15 is 0 Å². The molecule has 2 unspecified atom stereocenters. The number of aryl methyl sites for hydroxylation is 2. The molecule has 1 N–H and O–H groups in total. The first-order valence-corrected chi connectivity index (χ1v) is 6.49. The Bertz CT molecular complexity index is 363. The summed E-state index contributed by atoms with van der Waals surface area (Å²) >= 11 is 0. The van der Waals surface area contributed by atoms with Crippen LogP contribution in [0.3, 0.4) is 0 Å². The van der Waals surface area contributed by atoms with E-state index in [2.05, 4.69) is 11.4 Å². The first kappa shape index (κ1) is 12.4. The van der Waals surface area contributed by atoms with Crippen LogP contribution >= 0.6 is 0 Å². The van der Waals surface area contributed by atoms with Crippen molar-refractivity contribution >= 4 is 10.8 Å². The summed E-state index contributed by atoms with van der Waals surface area (Å²) in [5, 5.41) is 3.11. The molecule has 0 heterocycles. The van der Waals surface area contributed by atoms with Crippen molar-refractivity contribution in [3.8, 4) is 0 Å². The second kappa shape index (κ2) is 5.42. The molecule has 15 heavy (non-hydrogen) atoms. The maximum absolute atomic E-state index is 12.1. The van der Waals surface area contributed by atoms with Crippen molar-refractivity contribution in [2.24, 2.45) is 0 Å². The van der Waals surface area contributed by atoms with Crippen LogP contribution in [-0.2, 0) is 10.8 Å². The van der Waals surface area contributed by atoms with Crippen molar-refractivity contribution in [1.82, 2.24) is 5.32 Å². The van der Waals surface area contributed by atoms with Crippen LogP contribution in [0.15, 0.2) is 23.1 Å². The van der Waals surface area contributed by atoms with Gasteiger partial charge in [0.2, 0.25) is 0 Å². The summed E-state index contributed by atoms with van der Waals surface area (Å²) in [5.74, 6) is 0.667. The lowest BCUT2D eigenvalue weighted by molar-refractivity contribution is 0.645. The van der Waals surface area contributed by atoms with Gasteiger partial charge in [-0.1, -0.05) is 12.1 Å². The van der Waals surface area contributed by atoms with Gasteiger partial charge in [0.05, 0.1) is 10.8 Å². The maximum Gasteiger partial charge on any atom is 0.0547 e. The second-order valence-electron chi connectivity index (χ2n) is 3.97. The molecule has 0 saturated carbocycles. The molecule has 0 saturated heterocycles. The highest BCUT2D eigenvalue weighted by Gasteiger charge is 2.10. The van der Waals surface area contributed by atoms with Gasteiger partial charge >= 0.3 is 0 Å². The molecule has 0 aliphatic carbocycles. The van der Waals surface area contributed by atoms with E-state index in [1.807, 2.05) is 40.0 Å². The fraction of sp³-hybridized carbons (Fsp3) is 0.500. The zero-order chi connectivity index (χ0) is 11.4. The van der Waals surface area contributed by atoms with Crippen molar-refractivity contribution in [3.05, 3.63) is 29.3 Å². The van der Waals surface area contributed by atoms with E-state index < -0.39 is 10.8 Å². The summed E-state index contributed by atoms with van der Waals surface area (Å²) in [7, 11) is 0.996. The summed E-state index contributed by atoms with van der Waals surface area (Å²) in [4.78, 5) is 0.970. The van der Waals surface area contributed by atoms with E-state index in [9.17, 15) is 4.21 Å². The van der Waals surface area contributed by atoms with Crippen LogP contribution in [0, 0.1) is 13.8 Å². The molecule has 0 amide bonds. The fourth-order valence-corrected chi connectivity index (χ4v) is 2.90. The van der Waals surface area contributed by atoms with Crippen molar-refractivity contribution in [2.45, 2.75) is 31.7 Å². The lowest BCUT2D eigenvalue weighted by Crippen LogP contribution is -2.27. The third-order valence-electron chi connectivity index (χ3n) is 2.48. The third-order valence-corrected chi connectivity index (χ3v) is 4.22. The van der Waals surface area contributed by atoms with Gasteiger partial charge in [-0.05, 0) is 45.0 Å². The normalized spacial score (nSPS) is 14.9. The molecule has 1 aromatic carbocycles. The Morgan fingerprint density at radius 3 is 2.67 bits per heavy atom. The van der Waals surface area contributed by atoms with Gasteiger partial charge in [-0.15, -0.1) is 0 Å². The molecule has 3 heteroatoms. The zero-order valence-electron chi connectivity index (χ0n) is 9.83. The number of rotatable bonds is 4. The van der Waals surface area contributed by atoms with Crippen LogP contribution in [-0.4, -0.2) is 23.1 Å². The van der Waals surface area contributed by atoms with E-state index in [0.29, 0.717) is 5.75 Å². The summed E-state index contributed by atoms with van der Waals surface area (Å²) in [6, 6.07) is 6.39. The van der Waals surface area contributed by atoms with Gasteiger partial charge in [0.1, 0.15) is 0 Å². The molecule has 0 aliphatic heterocycles. The molecule has 0 aliphatic rings. The van der Waals surface area contributed by atoms with Crippen LogP contribution in [0.25, 0.3) is 0 Å². The largest absolute Gasteiger partial charge is 0.316 e. The van der Waals surface area contributed by atoms with Gasteiger partial charge in [0.25, 0.3) is 0 Å².